The molecule has 0 amide bonds. The standard InChI is InChI=1S/C15H33NO/c1-4-5-13-17-14-12-16-11-9-7-6-8-10-15(2)3/h15-16H,4-14H2,1-3H3. The van der Waals surface area contributed by atoms with Crippen molar-refractivity contribution < 1.29 is 4.74 Å². The normalized spacial score (nSPS) is 11.3. The third kappa shape index (κ3) is 15.9. The predicted molar refractivity (Wildman–Crippen MR) is 76.5 cm³/mol. The molecule has 0 aromatic carbocycles. The lowest BCUT2D eigenvalue weighted by Gasteiger charge is -2.06. The van der Waals surface area contributed by atoms with Gasteiger partial charge in [-0.05, 0) is 25.3 Å². The van der Waals surface area contributed by atoms with E-state index in [-0.39, 0.29) is 0 Å². The van der Waals surface area contributed by atoms with Crippen LogP contribution in [0.2, 0.25) is 0 Å². The highest BCUT2D eigenvalue weighted by Gasteiger charge is 1.94. The first-order chi connectivity index (χ1) is 8.27. The highest BCUT2D eigenvalue weighted by Crippen LogP contribution is 2.08. The van der Waals surface area contributed by atoms with Crippen molar-refractivity contribution in [2.75, 3.05) is 26.3 Å². The van der Waals surface area contributed by atoms with Crippen LogP contribution in [0.5, 0.6) is 0 Å². The Balaban J connectivity index is 2.89. The van der Waals surface area contributed by atoms with Crippen molar-refractivity contribution in [1.29, 1.82) is 0 Å². The van der Waals surface area contributed by atoms with Gasteiger partial charge >= 0.3 is 0 Å². The molecule has 0 aliphatic rings. The van der Waals surface area contributed by atoms with Gasteiger partial charge in [-0.2, -0.15) is 0 Å². The lowest BCUT2D eigenvalue weighted by Crippen LogP contribution is -2.21. The van der Waals surface area contributed by atoms with Gasteiger partial charge in [0, 0.05) is 13.2 Å². The molecule has 0 spiro atoms. The molecule has 0 heterocycles. The second-order valence-electron chi connectivity index (χ2n) is 5.31. The highest BCUT2D eigenvalue weighted by molar-refractivity contribution is 4.51. The SMILES string of the molecule is CCCCOCCNCCCCCCC(C)C. The maximum atomic E-state index is 5.48. The summed E-state index contributed by atoms with van der Waals surface area (Å²) in [7, 11) is 0. The quantitative estimate of drug-likeness (QED) is 0.494. The van der Waals surface area contributed by atoms with Gasteiger partial charge in [0.25, 0.3) is 0 Å². The van der Waals surface area contributed by atoms with Crippen LogP contribution in [0.3, 0.4) is 0 Å². The monoisotopic (exact) mass is 243 g/mol. The fourth-order valence-corrected chi connectivity index (χ4v) is 1.77. The van der Waals surface area contributed by atoms with Gasteiger partial charge < -0.3 is 10.1 Å². The van der Waals surface area contributed by atoms with Crippen molar-refractivity contribution in [3.05, 3.63) is 0 Å². The van der Waals surface area contributed by atoms with Gasteiger partial charge in [0.1, 0.15) is 0 Å². The average Bonchev–Trinajstić information content (AvgIpc) is 2.30. The van der Waals surface area contributed by atoms with Gasteiger partial charge in [-0.1, -0.05) is 52.9 Å². The number of unbranched alkanes of at least 4 members (excludes halogenated alkanes) is 4. The Kier molecular flexibility index (Phi) is 13.9. The Hall–Kier alpha value is -0.0800. The van der Waals surface area contributed by atoms with E-state index in [9.17, 15) is 0 Å². The fraction of sp³-hybridized carbons (Fsp3) is 1.00. The van der Waals surface area contributed by atoms with Crippen molar-refractivity contribution in [2.45, 2.75) is 65.7 Å². The minimum absolute atomic E-state index is 0.868. The van der Waals surface area contributed by atoms with Crippen LogP contribution in [0, 0.1) is 5.92 Å². The summed E-state index contributed by atoms with van der Waals surface area (Å²) in [5.74, 6) is 0.869. The zero-order valence-corrected chi connectivity index (χ0v) is 12.3. The molecule has 0 bridgehead atoms. The number of hydrogen-bond donors (Lipinski definition) is 1. The Morgan fingerprint density at radius 2 is 1.65 bits per heavy atom. The van der Waals surface area contributed by atoms with E-state index < -0.39 is 0 Å². The molecule has 0 atom stereocenters. The molecule has 0 unspecified atom stereocenters. The summed E-state index contributed by atoms with van der Waals surface area (Å²) in [6.45, 7) is 10.8. The summed E-state index contributed by atoms with van der Waals surface area (Å²) >= 11 is 0. The number of nitrogens with one attached hydrogen (secondary N) is 1. The maximum absolute atomic E-state index is 5.48. The Morgan fingerprint density at radius 1 is 0.882 bits per heavy atom. The first kappa shape index (κ1) is 16.9. The molecule has 17 heavy (non-hydrogen) atoms. The van der Waals surface area contributed by atoms with Gasteiger partial charge in [-0.15, -0.1) is 0 Å². The molecule has 0 aromatic rings. The Morgan fingerprint density at radius 3 is 2.35 bits per heavy atom. The molecule has 0 aliphatic heterocycles. The van der Waals surface area contributed by atoms with Crippen molar-refractivity contribution in [3.8, 4) is 0 Å². The van der Waals surface area contributed by atoms with Crippen LogP contribution in [-0.4, -0.2) is 26.3 Å². The van der Waals surface area contributed by atoms with Crippen LogP contribution in [0.1, 0.15) is 65.7 Å². The summed E-state index contributed by atoms with van der Waals surface area (Å²) in [5, 5.41) is 3.44. The first-order valence-corrected chi connectivity index (χ1v) is 7.55. The second kappa shape index (κ2) is 14.0. The number of ether oxygens (including phenoxy) is 1. The lowest BCUT2D eigenvalue weighted by molar-refractivity contribution is 0.133. The van der Waals surface area contributed by atoms with E-state index in [2.05, 4.69) is 26.1 Å². The zero-order chi connectivity index (χ0) is 12.8. The Labute approximate surface area is 109 Å². The highest BCUT2D eigenvalue weighted by atomic mass is 16.5. The molecule has 1 N–H and O–H groups in total. The largest absolute Gasteiger partial charge is 0.380 e. The molecule has 0 saturated carbocycles. The van der Waals surface area contributed by atoms with Gasteiger partial charge in [0.05, 0.1) is 6.61 Å². The van der Waals surface area contributed by atoms with Gasteiger partial charge in [-0.25, -0.2) is 0 Å². The third-order valence-electron chi connectivity index (χ3n) is 2.95. The van der Waals surface area contributed by atoms with Crippen molar-refractivity contribution >= 4 is 0 Å². The number of rotatable bonds is 13. The van der Waals surface area contributed by atoms with E-state index >= 15 is 0 Å². The van der Waals surface area contributed by atoms with E-state index in [1.54, 1.807) is 0 Å². The summed E-state index contributed by atoms with van der Waals surface area (Å²) in [6, 6.07) is 0. The predicted octanol–water partition coefficient (Wildman–Crippen LogP) is 4.00. The van der Waals surface area contributed by atoms with Crippen LogP contribution in [-0.2, 0) is 4.74 Å². The van der Waals surface area contributed by atoms with Crippen LogP contribution >= 0.6 is 0 Å². The van der Waals surface area contributed by atoms with E-state index in [0.29, 0.717) is 0 Å². The van der Waals surface area contributed by atoms with E-state index in [0.717, 1.165) is 32.2 Å². The van der Waals surface area contributed by atoms with Crippen LogP contribution in [0.15, 0.2) is 0 Å². The minimum atomic E-state index is 0.868. The summed E-state index contributed by atoms with van der Waals surface area (Å²) in [6.07, 6.45) is 9.28. The van der Waals surface area contributed by atoms with E-state index in [4.69, 9.17) is 4.74 Å². The molecule has 0 saturated heterocycles. The van der Waals surface area contributed by atoms with Crippen molar-refractivity contribution in [3.63, 3.8) is 0 Å². The molecular weight excluding hydrogens is 210 g/mol. The first-order valence-electron chi connectivity index (χ1n) is 7.55. The topological polar surface area (TPSA) is 21.3 Å². The van der Waals surface area contributed by atoms with Crippen molar-refractivity contribution in [1.82, 2.24) is 5.32 Å². The average molecular weight is 243 g/mol. The van der Waals surface area contributed by atoms with Gasteiger partial charge in [-0.3, -0.25) is 0 Å². The molecule has 104 valence electrons. The van der Waals surface area contributed by atoms with Crippen LogP contribution in [0.25, 0.3) is 0 Å². The molecule has 0 aromatic heterocycles. The summed E-state index contributed by atoms with van der Waals surface area (Å²) in [4.78, 5) is 0. The zero-order valence-electron chi connectivity index (χ0n) is 12.3. The number of hydrogen-bond acceptors (Lipinski definition) is 2. The third-order valence-corrected chi connectivity index (χ3v) is 2.95. The van der Waals surface area contributed by atoms with Crippen LogP contribution < -0.4 is 5.32 Å². The smallest absolute Gasteiger partial charge is 0.0590 e. The summed E-state index contributed by atoms with van der Waals surface area (Å²) in [5.41, 5.74) is 0. The second-order valence-corrected chi connectivity index (χ2v) is 5.31. The fourth-order valence-electron chi connectivity index (χ4n) is 1.77. The van der Waals surface area contributed by atoms with E-state index in [1.165, 1.54) is 44.9 Å². The van der Waals surface area contributed by atoms with Crippen LogP contribution in [0.4, 0.5) is 0 Å². The molecule has 0 radical (unpaired) electrons. The van der Waals surface area contributed by atoms with Gasteiger partial charge in [0.15, 0.2) is 0 Å². The minimum Gasteiger partial charge on any atom is -0.380 e. The molecule has 0 aliphatic carbocycles. The Bertz CT molecular complexity index is 137. The van der Waals surface area contributed by atoms with E-state index in [1.807, 2.05) is 0 Å². The summed E-state index contributed by atoms with van der Waals surface area (Å²) < 4.78 is 5.48. The molecule has 0 fully saturated rings. The molecule has 0 rings (SSSR count). The molecule has 2 heteroatoms. The maximum Gasteiger partial charge on any atom is 0.0590 e. The van der Waals surface area contributed by atoms with Crippen molar-refractivity contribution in [2.24, 2.45) is 5.92 Å². The lowest BCUT2D eigenvalue weighted by atomic mass is 10.0. The molecular formula is C15H33NO. The molecule has 2 nitrogen and oxygen atoms in total. The van der Waals surface area contributed by atoms with Gasteiger partial charge in [0.2, 0.25) is 0 Å².